The first-order chi connectivity index (χ1) is 8.25. The quantitative estimate of drug-likeness (QED) is 0.716. The Labute approximate surface area is 111 Å². The number of carbonyl (C=O) groups is 1. The second-order valence-electron chi connectivity index (χ2n) is 5.37. The van der Waals surface area contributed by atoms with Crippen LogP contribution in [-0.2, 0) is 20.3 Å². The van der Waals surface area contributed by atoms with E-state index < -0.39 is 16.3 Å². The summed E-state index contributed by atoms with van der Waals surface area (Å²) < 4.78 is 16.5. The van der Waals surface area contributed by atoms with Gasteiger partial charge in [-0.2, -0.15) is 0 Å². The maximum absolute atomic E-state index is 12.1. The van der Waals surface area contributed by atoms with Crippen LogP contribution in [0.2, 0.25) is 0 Å². The first-order valence-electron chi connectivity index (χ1n) is 6.24. The standard InChI is InChI=1S/C12H24N2O3S/c1-5-17-9-8-12(13,11(9,2)3)10(15)14-6-7-18(4)16/h9H,5-8,13H2,1-4H3,(H,14,15). The van der Waals surface area contributed by atoms with Crippen LogP contribution in [0.1, 0.15) is 27.2 Å². The Balaban J connectivity index is 2.55. The zero-order chi connectivity index (χ0) is 14.0. The van der Waals surface area contributed by atoms with Crippen LogP contribution < -0.4 is 11.1 Å². The third-order valence-corrected chi connectivity index (χ3v) is 4.69. The van der Waals surface area contributed by atoms with Gasteiger partial charge in [-0.25, -0.2) is 0 Å². The molecule has 1 aliphatic rings. The van der Waals surface area contributed by atoms with Crippen molar-refractivity contribution in [1.29, 1.82) is 0 Å². The van der Waals surface area contributed by atoms with Crippen LogP contribution in [0, 0.1) is 5.41 Å². The molecule has 106 valence electrons. The summed E-state index contributed by atoms with van der Waals surface area (Å²) in [6.07, 6.45) is 2.18. The van der Waals surface area contributed by atoms with Gasteiger partial charge in [0.05, 0.1) is 6.10 Å². The molecule has 0 aromatic rings. The van der Waals surface area contributed by atoms with Crippen molar-refractivity contribution in [1.82, 2.24) is 5.32 Å². The average molecular weight is 276 g/mol. The first-order valence-corrected chi connectivity index (χ1v) is 7.97. The topological polar surface area (TPSA) is 81.4 Å². The lowest BCUT2D eigenvalue weighted by molar-refractivity contribution is -0.170. The van der Waals surface area contributed by atoms with Crippen molar-refractivity contribution in [3.05, 3.63) is 0 Å². The molecule has 1 fully saturated rings. The third kappa shape index (κ3) is 2.75. The van der Waals surface area contributed by atoms with E-state index in [1.165, 1.54) is 0 Å². The largest absolute Gasteiger partial charge is 0.378 e. The van der Waals surface area contributed by atoms with E-state index in [4.69, 9.17) is 10.5 Å². The number of nitrogens with one attached hydrogen (secondary N) is 1. The molecule has 5 nitrogen and oxygen atoms in total. The van der Waals surface area contributed by atoms with Crippen LogP contribution in [0.25, 0.3) is 0 Å². The Morgan fingerprint density at radius 1 is 1.56 bits per heavy atom. The highest BCUT2D eigenvalue weighted by Crippen LogP contribution is 2.49. The average Bonchev–Trinajstić information content (AvgIpc) is 2.27. The van der Waals surface area contributed by atoms with E-state index in [0.717, 1.165) is 0 Å². The smallest absolute Gasteiger partial charge is 0.240 e. The van der Waals surface area contributed by atoms with Crippen molar-refractivity contribution in [3.63, 3.8) is 0 Å². The first kappa shape index (κ1) is 15.6. The predicted molar refractivity (Wildman–Crippen MR) is 72.7 cm³/mol. The highest BCUT2D eigenvalue weighted by atomic mass is 32.2. The Bertz CT molecular complexity index is 346. The van der Waals surface area contributed by atoms with E-state index in [0.29, 0.717) is 25.3 Å². The molecule has 0 aromatic heterocycles. The van der Waals surface area contributed by atoms with Crippen LogP contribution in [0.4, 0.5) is 0 Å². The third-order valence-electron chi connectivity index (χ3n) is 3.91. The summed E-state index contributed by atoms with van der Waals surface area (Å²) in [5.74, 6) is 0.283. The fourth-order valence-corrected chi connectivity index (χ4v) is 2.68. The molecule has 18 heavy (non-hydrogen) atoms. The number of rotatable bonds is 6. The Morgan fingerprint density at radius 3 is 2.61 bits per heavy atom. The molecule has 3 atom stereocenters. The van der Waals surface area contributed by atoms with Gasteiger partial charge < -0.3 is 15.8 Å². The molecule has 1 aliphatic carbocycles. The minimum absolute atomic E-state index is 0.0264. The molecular formula is C12H24N2O3S. The van der Waals surface area contributed by atoms with Crippen LogP contribution in [-0.4, -0.2) is 46.9 Å². The van der Waals surface area contributed by atoms with Gasteiger partial charge >= 0.3 is 0 Å². The molecule has 0 aliphatic heterocycles. The molecule has 3 unspecified atom stereocenters. The van der Waals surface area contributed by atoms with Crippen molar-refractivity contribution in [2.45, 2.75) is 38.8 Å². The molecule has 0 heterocycles. The molecule has 0 bridgehead atoms. The maximum Gasteiger partial charge on any atom is 0.240 e. The minimum atomic E-state index is -0.902. The van der Waals surface area contributed by atoms with E-state index in [-0.39, 0.29) is 17.4 Å². The van der Waals surface area contributed by atoms with Gasteiger partial charge in [0.1, 0.15) is 5.54 Å². The van der Waals surface area contributed by atoms with Crippen molar-refractivity contribution in [2.24, 2.45) is 11.1 Å². The molecule has 0 saturated heterocycles. The minimum Gasteiger partial charge on any atom is -0.378 e. The number of ether oxygens (including phenoxy) is 1. The number of hydrogen-bond acceptors (Lipinski definition) is 4. The summed E-state index contributed by atoms with van der Waals surface area (Å²) in [4.78, 5) is 12.1. The summed E-state index contributed by atoms with van der Waals surface area (Å²) in [5, 5.41) is 2.76. The maximum atomic E-state index is 12.1. The van der Waals surface area contributed by atoms with Gasteiger partial charge in [-0.05, 0) is 6.92 Å². The second kappa shape index (κ2) is 5.67. The molecule has 1 amide bonds. The lowest BCUT2D eigenvalue weighted by atomic mass is 9.54. The normalized spacial score (nSPS) is 31.5. The van der Waals surface area contributed by atoms with E-state index in [9.17, 15) is 9.00 Å². The van der Waals surface area contributed by atoms with Gasteiger partial charge in [-0.15, -0.1) is 0 Å². The fraction of sp³-hybridized carbons (Fsp3) is 0.917. The summed E-state index contributed by atoms with van der Waals surface area (Å²) in [6.45, 7) is 6.86. The SMILES string of the molecule is CCOC1CC(N)(C(=O)NCCS(C)=O)C1(C)C. The molecule has 0 aromatic carbocycles. The highest BCUT2D eigenvalue weighted by molar-refractivity contribution is 7.84. The monoisotopic (exact) mass is 276 g/mol. The predicted octanol–water partition coefficient (Wildman–Crippen LogP) is 0.0136. The van der Waals surface area contributed by atoms with Gasteiger partial charge in [-0.1, -0.05) is 13.8 Å². The Hall–Kier alpha value is -0.460. The molecule has 0 radical (unpaired) electrons. The zero-order valence-electron chi connectivity index (χ0n) is 11.6. The van der Waals surface area contributed by atoms with E-state index >= 15 is 0 Å². The molecular weight excluding hydrogens is 252 g/mol. The Morgan fingerprint density at radius 2 is 2.17 bits per heavy atom. The van der Waals surface area contributed by atoms with Crippen LogP contribution in [0.15, 0.2) is 0 Å². The fourth-order valence-electron chi connectivity index (χ4n) is 2.29. The summed E-state index contributed by atoms with van der Waals surface area (Å²) in [7, 11) is -0.902. The molecule has 0 spiro atoms. The van der Waals surface area contributed by atoms with Crippen molar-refractivity contribution >= 4 is 16.7 Å². The van der Waals surface area contributed by atoms with Crippen LogP contribution in [0.3, 0.4) is 0 Å². The summed E-state index contributed by atoms with van der Waals surface area (Å²) in [6, 6.07) is 0. The molecule has 1 saturated carbocycles. The van der Waals surface area contributed by atoms with Gasteiger partial charge in [-0.3, -0.25) is 9.00 Å². The van der Waals surface area contributed by atoms with Gasteiger partial charge in [0, 0.05) is 47.8 Å². The number of nitrogens with two attached hydrogens (primary N) is 1. The molecule has 6 heteroatoms. The van der Waals surface area contributed by atoms with Gasteiger partial charge in [0.15, 0.2) is 0 Å². The summed E-state index contributed by atoms with van der Waals surface area (Å²) >= 11 is 0. The van der Waals surface area contributed by atoms with Crippen molar-refractivity contribution in [2.75, 3.05) is 25.2 Å². The molecule has 3 N–H and O–H groups in total. The van der Waals surface area contributed by atoms with Gasteiger partial charge in [0.25, 0.3) is 0 Å². The lowest BCUT2D eigenvalue weighted by Crippen LogP contribution is -2.75. The number of amides is 1. The van der Waals surface area contributed by atoms with E-state index in [2.05, 4.69) is 5.32 Å². The second-order valence-corrected chi connectivity index (χ2v) is 6.93. The van der Waals surface area contributed by atoms with E-state index in [1.807, 2.05) is 20.8 Å². The molecule has 1 rings (SSSR count). The number of hydrogen-bond donors (Lipinski definition) is 2. The Kier molecular flexibility index (Phi) is 4.91. The van der Waals surface area contributed by atoms with Crippen molar-refractivity contribution in [3.8, 4) is 0 Å². The van der Waals surface area contributed by atoms with Crippen molar-refractivity contribution < 1.29 is 13.7 Å². The number of carbonyl (C=O) groups excluding carboxylic acids is 1. The van der Waals surface area contributed by atoms with Crippen LogP contribution >= 0.6 is 0 Å². The zero-order valence-corrected chi connectivity index (χ0v) is 12.4. The highest BCUT2D eigenvalue weighted by Gasteiger charge is 2.62. The van der Waals surface area contributed by atoms with Gasteiger partial charge in [0.2, 0.25) is 5.91 Å². The summed E-state index contributed by atoms with van der Waals surface area (Å²) in [5.41, 5.74) is 4.93. The van der Waals surface area contributed by atoms with E-state index in [1.54, 1.807) is 6.26 Å². The lowest BCUT2D eigenvalue weighted by Gasteiger charge is -2.57. The van der Waals surface area contributed by atoms with Crippen LogP contribution in [0.5, 0.6) is 0 Å².